The van der Waals surface area contributed by atoms with Crippen molar-refractivity contribution in [3.8, 4) is 5.75 Å². The lowest BCUT2D eigenvalue weighted by Gasteiger charge is -2.32. The number of esters is 1. The van der Waals surface area contributed by atoms with Crippen molar-refractivity contribution < 1.29 is 23.6 Å². The number of rotatable bonds is 6. The standard InChI is InChI=1S/C18H27BO5/c1-13(22-14(2)20)10-11-21-16-9-7-8-15(12-16)19-23-17(3,4)18(5,6)24-19/h7-9,12-13H,10-11H2,1-6H3. The van der Waals surface area contributed by atoms with E-state index in [-0.39, 0.29) is 23.3 Å². The van der Waals surface area contributed by atoms with Crippen LogP contribution in [0.3, 0.4) is 0 Å². The van der Waals surface area contributed by atoms with Crippen LogP contribution < -0.4 is 10.2 Å². The molecule has 132 valence electrons. The number of carbonyl (C=O) groups excluding carboxylic acids is 1. The number of hydrogen-bond acceptors (Lipinski definition) is 5. The third kappa shape index (κ3) is 4.51. The molecule has 1 heterocycles. The van der Waals surface area contributed by atoms with E-state index < -0.39 is 7.12 Å². The summed E-state index contributed by atoms with van der Waals surface area (Å²) in [4.78, 5) is 10.9. The molecule has 0 bridgehead atoms. The number of carbonyl (C=O) groups is 1. The first kappa shape index (κ1) is 18.8. The average molecular weight is 334 g/mol. The van der Waals surface area contributed by atoms with Crippen LogP contribution in [-0.2, 0) is 18.8 Å². The molecule has 0 spiro atoms. The number of hydrogen-bond donors (Lipinski definition) is 0. The Kier molecular flexibility index (Phi) is 5.61. The number of benzene rings is 1. The van der Waals surface area contributed by atoms with E-state index in [0.29, 0.717) is 13.0 Å². The van der Waals surface area contributed by atoms with Gasteiger partial charge in [-0.25, -0.2) is 0 Å². The molecule has 0 saturated carbocycles. The van der Waals surface area contributed by atoms with Gasteiger partial charge in [-0.3, -0.25) is 4.79 Å². The van der Waals surface area contributed by atoms with Gasteiger partial charge < -0.3 is 18.8 Å². The van der Waals surface area contributed by atoms with Gasteiger partial charge in [0.25, 0.3) is 0 Å². The van der Waals surface area contributed by atoms with E-state index >= 15 is 0 Å². The van der Waals surface area contributed by atoms with Crippen molar-refractivity contribution in [1.82, 2.24) is 0 Å². The van der Waals surface area contributed by atoms with E-state index in [1.165, 1.54) is 6.92 Å². The smallest absolute Gasteiger partial charge is 0.493 e. The maximum atomic E-state index is 10.9. The lowest BCUT2D eigenvalue weighted by molar-refractivity contribution is -0.145. The van der Waals surface area contributed by atoms with E-state index in [9.17, 15) is 4.79 Å². The van der Waals surface area contributed by atoms with Crippen LogP contribution in [0.1, 0.15) is 48.0 Å². The molecular weight excluding hydrogens is 307 g/mol. The molecule has 0 aliphatic carbocycles. The predicted octanol–water partition coefficient (Wildman–Crippen LogP) is 2.71. The van der Waals surface area contributed by atoms with Gasteiger partial charge in [-0.15, -0.1) is 0 Å². The highest BCUT2D eigenvalue weighted by Crippen LogP contribution is 2.36. The second-order valence-electron chi connectivity index (χ2n) is 7.22. The monoisotopic (exact) mass is 334 g/mol. The zero-order chi connectivity index (χ0) is 18.0. The second-order valence-corrected chi connectivity index (χ2v) is 7.22. The SMILES string of the molecule is CC(=O)OC(C)CCOc1cccc(B2OC(C)(C)C(C)(C)O2)c1. The van der Waals surface area contributed by atoms with Gasteiger partial charge in [0.05, 0.1) is 17.8 Å². The minimum atomic E-state index is -0.404. The fraction of sp³-hybridized carbons (Fsp3) is 0.611. The molecule has 1 aromatic carbocycles. The second kappa shape index (κ2) is 7.15. The molecular formula is C18H27BO5. The zero-order valence-electron chi connectivity index (χ0n) is 15.4. The van der Waals surface area contributed by atoms with Crippen molar-refractivity contribution in [2.75, 3.05) is 6.61 Å². The quantitative estimate of drug-likeness (QED) is 0.591. The predicted molar refractivity (Wildman–Crippen MR) is 93.5 cm³/mol. The lowest BCUT2D eigenvalue weighted by Crippen LogP contribution is -2.41. The first-order valence-electron chi connectivity index (χ1n) is 8.36. The van der Waals surface area contributed by atoms with Crippen molar-refractivity contribution in [3.05, 3.63) is 24.3 Å². The molecule has 0 amide bonds. The van der Waals surface area contributed by atoms with Crippen LogP contribution in [0.25, 0.3) is 0 Å². The van der Waals surface area contributed by atoms with E-state index in [1.54, 1.807) is 0 Å². The summed E-state index contributed by atoms with van der Waals surface area (Å²) in [6, 6.07) is 7.71. The van der Waals surface area contributed by atoms with Gasteiger partial charge in [0.1, 0.15) is 11.9 Å². The topological polar surface area (TPSA) is 54.0 Å². The van der Waals surface area contributed by atoms with Crippen molar-refractivity contribution >= 4 is 18.6 Å². The third-order valence-corrected chi connectivity index (χ3v) is 4.54. The number of ether oxygens (including phenoxy) is 2. The van der Waals surface area contributed by atoms with Crippen LogP contribution in [-0.4, -0.2) is 37.0 Å². The first-order chi connectivity index (χ1) is 11.1. The normalized spacial score (nSPS) is 19.8. The van der Waals surface area contributed by atoms with Crippen LogP contribution in [0.4, 0.5) is 0 Å². The Morgan fingerprint density at radius 1 is 1.21 bits per heavy atom. The third-order valence-electron chi connectivity index (χ3n) is 4.54. The summed E-state index contributed by atoms with van der Waals surface area (Å²) < 4.78 is 23.0. The Bertz CT molecular complexity index is 569. The summed E-state index contributed by atoms with van der Waals surface area (Å²) in [5.41, 5.74) is 0.196. The van der Waals surface area contributed by atoms with Crippen LogP contribution in [0.2, 0.25) is 0 Å². The maximum Gasteiger partial charge on any atom is 0.494 e. The van der Waals surface area contributed by atoms with Crippen molar-refractivity contribution in [2.45, 2.75) is 65.3 Å². The van der Waals surface area contributed by atoms with Gasteiger partial charge in [0.15, 0.2) is 0 Å². The van der Waals surface area contributed by atoms with Gasteiger partial charge in [0, 0.05) is 13.3 Å². The summed E-state index contributed by atoms with van der Waals surface area (Å²) in [6.45, 7) is 11.9. The summed E-state index contributed by atoms with van der Waals surface area (Å²) in [7, 11) is -0.404. The Morgan fingerprint density at radius 3 is 2.42 bits per heavy atom. The molecule has 6 heteroatoms. The van der Waals surface area contributed by atoms with E-state index in [0.717, 1.165) is 11.2 Å². The van der Waals surface area contributed by atoms with E-state index in [4.69, 9.17) is 18.8 Å². The van der Waals surface area contributed by atoms with Crippen molar-refractivity contribution in [2.24, 2.45) is 0 Å². The molecule has 0 radical (unpaired) electrons. The van der Waals surface area contributed by atoms with Crippen molar-refractivity contribution in [3.63, 3.8) is 0 Å². The Balaban J connectivity index is 1.94. The highest BCUT2D eigenvalue weighted by molar-refractivity contribution is 6.62. The van der Waals surface area contributed by atoms with Crippen LogP contribution in [0.5, 0.6) is 5.75 Å². The summed E-state index contributed by atoms with van der Waals surface area (Å²) in [6.07, 6.45) is 0.481. The molecule has 1 unspecified atom stereocenters. The van der Waals surface area contributed by atoms with E-state index in [1.807, 2.05) is 58.9 Å². The van der Waals surface area contributed by atoms with E-state index in [2.05, 4.69) is 0 Å². The molecule has 2 rings (SSSR count). The molecule has 1 atom stereocenters. The van der Waals surface area contributed by atoms with Crippen LogP contribution in [0, 0.1) is 0 Å². The van der Waals surface area contributed by atoms with Crippen LogP contribution in [0.15, 0.2) is 24.3 Å². The molecule has 24 heavy (non-hydrogen) atoms. The molecule has 1 aromatic rings. The Labute approximate surface area is 144 Å². The molecule has 1 aliphatic rings. The molecule has 1 saturated heterocycles. The highest BCUT2D eigenvalue weighted by atomic mass is 16.7. The summed E-state index contributed by atoms with van der Waals surface area (Å²) in [5.74, 6) is 0.475. The van der Waals surface area contributed by atoms with Gasteiger partial charge in [-0.2, -0.15) is 0 Å². The largest absolute Gasteiger partial charge is 0.494 e. The van der Waals surface area contributed by atoms with Crippen molar-refractivity contribution in [1.29, 1.82) is 0 Å². The molecule has 1 fully saturated rings. The summed E-state index contributed by atoms with van der Waals surface area (Å²) in [5, 5.41) is 0. The van der Waals surface area contributed by atoms with Gasteiger partial charge in [-0.05, 0) is 52.2 Å². The average Bonchev–Trinajstić information content (AvgIpc) is 2.67. The Morgan fingerprint density at radius 2 is 1.83 bits per heavy atom. The fourth-order valence-electron chi connectivity index (χ4n) is 2.42. The summed E-state index contributed by atoms with van der Waals surface area (Å²) >= 11 is 0. The molecule has 1 aliphatic heterocycles. The highest BCUT2D eigenvalue weighted by Gasteiger charge is 2.51. The van der Waals surface area contributed by atoms with Gasteiger partial charge in [0.2, 0.25) is 0 Å². The fourth-order valence-corrected chi connectivity index (χ4v) is 2.42. The Hall–Kier alpha value is -1.53. The maximum absolute atomic E-state index is 10.9. The minimum Gasteiger partial charge on any atom is -0.493 e. The minimum absolute atomic E-state index is 0.159. The van der Waals surface area contributed by atoms with Gasteiger partial charge >= 0.3 is 13.1 Å². The molecule has 5 nitrogen and oxygen atoms in total. The lowest BCUT2D eigenvalue weighted by atomic mass is 9.79. The molecule has 0 aromatic heterocycles. The zero-order valence-corrected chi connectivity index (χ0v) is 15.4. The molecule has 0 N–H and O–H groups in total. The van der Waals surface area contributed by atoms with Crippen LogP contribution >= 0.6 is 0 Å². The first-order valence-corrected chi connectivity index (χ1v) is 8.36. The van der Waals surface area contributed by atoms with Gasteiger partial charge in [-0.1, -0.05) is 12.1 Å².